The monoisotopic (exact) mass is 307 g/mol. The van der Waals surface area contributed by atoms with Crippen LogP contribution < -0.4 is 17.0 Å². The van der Waals surface area contributed by atoms with Crippen LogP contribution in [-0.4, -0.2) is 9.97 Å². The van der Waals surface area contributed by atoms with Gasteiger partial charge in [-0.05, 0) is 46.1 Å². The van der Waals surface area contributed by atoms with E-state index in [0.29, 0.717) is 12.2 Å². The second kappa shape index (κ2) is 5.90. The minimum atomic E-state index is -0.118. The molecule has 18 heavy (non-hydrogen) atoms. The maximum Gasteiger partial charge on any atom is 0.126 e. The van der Waals surface area contributed by atoms with Crippen molar-refractivity contribution in [3.05, 3.63) is 52.4 Å². The Morgan fingerprint density at radius 1 is 1.22 bits per heavy atom. The van der Waals surface area contributed by atoms with Crippen LogP contribution in [0.1, 0.15) is 17.3 Å². The zero-order valence-electron chi connectivity index (χ0n) is 9.68. The topological polar surface area (TPSA) is 89.8 Å². The minimum absolute atomic E-state index is 0.118. The SMILES string of the molecule is NNC(Cc1cccnc1N)c1ncccc1Br. The van der Waals surface area contributed by atoms with Crippen molar-refractivity contribution in [1.29, 1.82) is 0 Å². The van der Waals surface area contributed by atoms with E-state index in [1.807, 2.05) is 24.3 Å². The summed E-state index contributed by atoms with van der Waals surface area (Å²) in [5, 5.41) is 0. The zero-order chi connectivity index (χ0) is 13.0. The molecular weight excluding hydrogens is 294 g/mol. The summed E-state index contributed by atoms with van der Waals surface area (Å²) >= 11 is 3.46. The van der Waals surface area contributed by atoms with E-state index >= 15 is 0 Å². The lowest BCUT2D eigenvalue weighted by atomic mass is 10.0. The van der Waals surface area contributed by atoms with Crippen LogP contribution in [0.3, 0.4) is 0 Å². The molecule has 0 aromatic carbocycles. The van der Waals surface area contributed by atoms with Gasteiger partial charge in [0.15, 0.2) is 0 Å². The molecule has 0 aliphatic carbocycles. The van der Waals surface area contributed by atoms with Crippen molar-refractivity contribution in [3.8, 4) is 0 Å². The van der Waals surface area contributed by atoms with Gasteiger partial charge in [0.1, 0.15) is 5.82 Å². The molecule has 0 fully saturated rings. The van der Waals surface area contributed by atoms with Gasteiger partial charge in [-0.3, -0.25) is 16.3 Å². The van der Waals surface area contributed by atoms with Crippen molar-refractivity contribution in [2.75, 3.05) is 5.73 Å². The first kappa shape index (κ1) is 12.9. The van der Waals surface area contributed by atoms with Gasteiger partial charge >= 0.3 is 0 Å². The third-order valence-corrected chi connectivity index (χ3v) is 3.34. The Kier molecular flexibility index (Phi) is 4.24. The Balaban J connectivity index is 2.26. The van der Waals surface area contributed by atoms with E-state index in [4.69, 9.17) is 11.6 Å². The summed E-state index contributed by atoms with van der Waals surface area (Å²) in [6.07, 6.45) is 4.03. The molecule has 2 heterocycles. The zero-order valence-corrected chi connectivity index (χ0v) is 11.3. The van der Waals surface area contributed by atoms with Crippen molar-refractivity contribution < 1.29 is 0 Å². The Labute approximate surface area is 114 Å². The average molecular weight is 308 g/mol. The van der Waals surface area contributed by atoms with Crippen molar-refractivity contribution >= 4 is 21.7 Å². The second-order valence-electron chi connectivity index (χ2n) is 3.84. The van der Waals surface area contributed by atoms with Crippen molar-refractivity contribution in [2.45, 2.75) is 12.5 Å². The van der Waals surface area contributed by atoms with Crippen LogP contribution in [0.25, 0.3) is 0 Å². The van der Waals surface area contributed by atoms with Gasteiger partial charge in [-0.1, -0.05) is 6.07 Å². The molecule has 0 radical (unpaired) electrons. The van der Waals surface area contributed by atoms with Crippen LogP contribution in [0.2, 0.25) is 0 Å². The molecule has 6 heteroatoms. The lowest BCUT2D eigenvalue weighted by Crippen LogP contribution is -2.30. The largest absolute Gasteiger partial charge is 0.383 e. The first-order valence-electron chi connectivity index (χ1n) is 5.48. The smallest absolute Gasteiger partial charge is 0.126 e. The van der Waals surface area contributed by atoms with Crippen molar-refractivity contribution in [1.82, 2.24) is 15.4 Å². The summed E-state index contributed by atoms with van der Waals surface area (Å²) in [5.74, 6) is 6.12. The molecule has 0 saturated heterocycles. The van der Waals surface area contributed by atoms with Gasteiger partial charge in [0.25, 0.3) is 0 Å². The van der Waals surface area contributed by atoms with Gasteiger partial charge in [-0.2, -0.15) is 0 Å². The first-order valence-corrected chi connectivity index (χ1v) is 6.27. The summed E-state index contributed by atoms with van der Waals surface area (Å²) in [5.41, 5.74) is 10.4. The Morgan fingerprint density at radius 3 is 2.61 bits per heavy atom. The molecule has 0 aliphatic heterocycles. The molecule has 5 nitrogen and oxygen atoms in total. The summed E-state index contributed by atoms with van der Waals surface area (Å²) in [4.78, 5) is 8.38. The van der Waals surface area contributed by atoms with Gasteiger partial charge in [0.05, 0.1) is 11.7 Å². The van der Waals surface area contributed by atoms with Crippen molar-refractivity contribution in [2.24, 2.45) is 5.84 Å². The number of hydrogen-bond donors (Lipinski definition) is 3. The van der Waals surface area contributed by atoms with E-state index in [1.54, 1.807) is 12.4 Å². The van der Waals surface area contributed by atoms with Gasteiger partial charge in [0.2, 0.25) is 0 Å². The molecule has 2 aromatic heterocycles. The molecule has 1 atom stereocenters. The molecule has 0 spiro atoms. The lowest BCUT2D eigenvalue weighted by molar-refractivity contribution is 0.536. The van der Waals surface area contributed by atoms with Gasteiger partial charge in [-0.15, -0.1) is 0 Å². The Bertz CT molecular complexity index is 531. The number of nitrogens with zero attached hydrogens (tertiary/aromatic N) is 2. The highest BCUT2D eigenvalue weighted by atomic mass is 79.9. The standard InChI is InChI=1S/C12H14BrN5/c13-9-4-2-5-16-11(9)10(18-15)7-8-3-1-6-17-12(8)14/h1-6,10,18H,7,15H2,(H2,14,17). The molecule has 1 unspecified atom stereocenters. The number of anilines is 1. The number of pyridine rings is 2. The van der Waals surface area contributed by atoms with E-state index in [-0.39, 0.29) is 6.04 Å². The van der Waals surface area contributed by atoms with E-state index < -0.39 is 0 Å². The van der Waals surface area contributed by atoms with Crippen LogP contribution in [0.4, 0.5) is 5.82 Å². The number of nitrogens with two attached hydrogens (primary N) is 2. The van der Waals surface area contributed by atoms with Gasteiger partial charge < -0.3 is 5.73 Å². The quantitative estimate of drug-likeness (QED) is 0.589. The first-order chi connectivity index (χ1) is 8.72. The highest BCUT2D eigenvalue weighted by Gasteiger charge is 2.16. The van der Waals surface area contributed by atoms with Crippen LogP contribution in [0.15, 0.2) is 41.1 Å². The predicted octanol–water partition coefficient (Wildman–Crippen LogP) is 1.57. The highest BCUT2D eigenvalue weighted by molar-refractivity contribution is 9.10. The summed E-state index contributed by atoms with van der Waals surface area (Å²) in [6.45, 7) is 0. The van der Waals surface area contributed by atoms with Crippen LogP contribution in [0, 0.1) is 0 Å². The number of nitrogen functional groups attached to an aromatic ring is 1. The van der Waals surface area contributed by atoms with E-state index in [9.17, 15) is 0 Å². The summed E-state index contributed by atoms with van der Waals surface area (Å²) in [7, 11) is 0. The van der Waals surface area contributed by atoms with Crippen LogP contribution in [0.5, 0.6) is 0 Å². The van der Waals surface area contributed by atoms with Crippen molar-refractivity contribution in [3.63, 3.8) is 0 Å². The second-order valence-corrected chi connectivity index (χ2v) is 4.70. The molecule has 94 valence electrons. The van der Waals surface area contributed by atoms with Gasteiger partial charge in [0, 0.05) is 16.9 Å². The summed E-state index contributed by atoms with van der Waals surface area (Å²) < 4.78 is 0.912. The minimum Gasteiger partial charge on any atom is -0.383 e. The maximum absolute atomic E-state index is 5.83. The molecule has 5 N–H and O–H groups in total. The van der Waals surface area contributed by atoms with Gasteiger partial charge in [-0.25, -0.2) is 4.98 Å². The number of hydrazine groups is 1. The van der Waals surface area contributed by atoms with Crippen LogP contribution >= 0.6 is 15.9 Å². The third kappa shape index (κ3) is 2.84. The number of aromatic nitrogens is 2. The predicted molar refractivity (Wildman–Crippen MR) is 74.4 cm³/mol. The third-order valence-electron chi connectivity index (χ3n) is 2.67. The molecule has 0 aliphatic rings. The fourth-order valence-electron chi connectivity index (χ4n) is 1.73. The fraction of sp³-hybridized carbons (Fsp3) is 0.167. The van der Waals surface area contributed by atoms with E-state index in [2.05, 4.69) is 31.3 Å². The fourth-order valence-corrected chi connectivity index (χ4v) is 2.26. The number of halogens is 1. The number of hydrogen-bond acceptors (Lipinski definition) is 5. The average Bonchev–Trinajstić information content (AvgIpc) is 2.39. The molecule has 2 rings (SSSR count). The molecule has 0 bridgehead atoms. The Hall–Kier alpha value is -1.50. The van der Waals surface area contributed by atoms with Crippen LogP contribution in [-0.2, 0) is 6.42 Å². The Morgan fingerprint density at radius 2 is 1.94 bits per heavy atom. The normalized spacial score (nSPS) is 12.3. The van der Waals surface area contributed by atoms with E-state index in [1.165, 1.54) is 0 Å². The molecule has 0 saturated carbocycles. The molecule has 2 aromatic rings. The van der Waals surface area contributed by atoms with E-state index in [0.717, 1.165) is 15.7 Å². The summed E-state index contributed by atoms with van der Waals surface area (Å²) in [6, 6.07) is 7.46. The number of nitrogens with one attached hydrogen (secondary N) is 1. The number of rotatable bonds is 4. The molecule has 0 amide bonds. The molecular formula is C12H14BrN5. The maximum atomic E-state index is 5.83. The highest BCUT2D eigenvalue weighted by Crippen LogP contribution is 2.24. The lowest BCUT2D eigenvalue weighted by Gasteiger charge is -2.17.